The van der Waals surface area contributed by atoms with Crippen LogP contribution >= 0.6 is 0 Å². The number of anilines is 2. The standard InChI is InChI=1S/C20H29N3O4/c1-5-22(15-9-10-27-20(3,4)12-15)19(25)21-14-7-8-17-16(11-14)23(6-2)18(24)13-26-17/h7-8,11,15H,5-6,9-10,12-13H2,1-4H3,(H,21,25). The van der Waals surface area contributed by atoms with Crippen molar-refractivity contribution in [2.24, 2.45) is 0 Å². The third-order valence-corrected chi connectivity index (χ3v) is 5.18. The van der Waals surface area contributed by atoms with E-state index in [-0.39, 0.29) is 30.2 Å². The lowest BCUT2D eigenvalue weighted by Gasteiger charge is -2.40. The molecule has 2 aliphatic rings. The van der Waals surface area contributed by atoms with Crippen molar-refractivity contribution in [2.45, 2.75) is 52.2 Å². The van der Waals surface area contributed by atoms with E-state index in [1.165, 1.54) is 0 Å². The van der Waals surface area contributed by atoms with E-state index in [1.54, 1.807) is 17.0 Å². The number of fused-ring (bicyclic) bond motifs is 1. The summed E-state index contributed by atoms with van der Waals surface area (Å²) in [7, 11) is 0. The Morgan fingerprint density at radius 1 is 1.37 bits per heavy atom. The molecule has 1 N–H and O–H groups in total. The number of amides is 3. The highest BCUT2D eigenvalue weighted by molar-refractivity contribution is 5.99. The molecule has 7 heteroatoms. The van der Waals surface area contributed by atoms with Crippen LogP contribution in [-0.2, 0) is 9.53 Å². The minimum atomic E-state index is -0.220. The van der Waals surface area contributed by atoms with Gasteiger partial charge in [0.15, 0.2) is 6.61 Å². The molecule has 148 valence electrons. The van der Waals surface area contributed by atoms with Gasteiger partial charge in [0.1, 0.15) is 5.75 Å². The summed E-state index contributed by atoms with van der Waals surface area (Å²) >= 11 is 0. The van der Waals surface area contributed by atoms with Gasteiger partial charge in [-0.25, -0.2) is 4.79 Å². The molecular formula is C20H29N3O4. The fraction of sp³-hybridized carbons (Fsp3) is 0.600. The van der Waals surface area contributed by atoms with Crippen LogP contribution in [0.25, 0.3) is 0 Å². The highest BCUT2D eigenvalue weighted by atomic mass is 16.5. The number of likely N-dealkylation sites (N-methyl/N-ethyl adjacent to an activating group) is 1. The normalized spacial score (nSPS) is 21.3. The molecular weight excluding hydrogens is 346 g/mol. The SMILES string of the molecule is CCN1C(=O)COc2ccc(NC(=O)N(CC)C3CCOC(C)(C)C3)cc21. The van der Waals surface area contributed by atoms with Gasteiger partial charge in [-0.15, -0.1) is 0 Å². The summed E-state index contributed by atoms with van der Waals surface area (Å²) in [6.07, 6.45) is 1.64. The first-order chi connectivity index (χ1) is 12.8. The molecule has 0 aromatic heterocycles. The van der Waals surface area contributed by atoms with Gasteiger partial charge < -0.3 is 24.6 Å². The van der Waals surface area contributed by atoms with Crippen LogP contribution in [0, 0.1) is 0 Å². The number of carbonyl (C=O) groups excluding carboxylic acids is 2. The second-order valence-corrected chi connectivity index (χ2v) is 7.58. The van der Waals surface area contributed by atoms with Crippen molar-refractivity contribution >= 4 is 23.3 Å². The lowest BCUT2D eigenvalue weighted by Crippen LogP contribution is -2.49. The first-order valence-electron chi connectivity index (χ1n) is 9.63. The van der Waals surface area contributed by atoms with Crippen LogP contribution in [0.4, 0.5) is 16.2 Å². The maximum absolute atomic E-state index is 12.9. The van der Waals surface area contributed by atoms with Crippen molar-refractivity contribution in [1.82, 2.24) is 4.90 Å². The van der Waals surface area contributed by atoms with Crippen LogP contribution in [0.1, 0.15) is 40.5 Å². The number of carbonyl (C=O) groups is 2. The third kappa shape index (κ3) is 4.18. The number of rotatable bonds is 4. The lowest BCUT2D eigenvalue weighted by atomic mass is 9.93. The van der Waals surface area contributed by atoms with Crippen molar-refractivity contribution in [1.29, 1.82) is 0 Å². The minimum absolute atomic E-state index is 0.0513. The first-order valence-corrected chi connectivity index (χ1v) is 9.63. The summed E-state index contributed by atoms with van der Waals surface area (Å²) in [6.45, 7) is 9.92. The Balaban J connectivity index is 1.75. The van der Waals surface area contributed by atoms with E-state index in [4.69, 9.17) is 9.47 Å². The van der Waals surface area contributed by atoms with Crippen LogP contribution < -0.4 is 15.0 Å². The summed E-state index contributed by atoms with van der Waals surface area (Å²) in [4.78, 5) is 28.5. The molecule has 1 aromatic rings. The highest BCUT2D eigenvalue weighted by Gasteiger charge is 2.34. The molecule has 3 amide bonds. The molecule has 1 atom stereocenters. The van der Waals surface area contributed by atoms with Crippen molar-refractivity contribution in [3.8, 4) is 5.75 Å². The largest absolute Gasteiger partial charge is 0.482 e. The second kappa shape index (κ2) is 7.76. The molecule has 3 rings (SSSR count). The molecule has 1 saturated heterocycles. The Morgan fingerprint density at radius 3 is 2.81 bits per heavy atom. The molecule has 0 radical (unpaired) electrons. The number of hydrogen-bond acceptors (Lipinski definition) is 4. The summed E-state index contributed by atoms with van der Waals surface area (Å²) in [6, 6.07) is 5.42. The smallest absolute Gasteiger partial charge is 0.322 e. The molecule has 2 aliphatic heterocycles. The van der Waals surface area contributed by atoms with Crippen molar-refractivity contribution in [3.05, 3.63) is 18.2 Å². The Labute approximate surface area is 160 Å². The van der Waals surface area contributed by atoms with Gasteiger partial charge in [0.05, 0.1) is 11.3 Å². The maximum Gasteiger partial charge on any atom is 0.322 e. The highest BCUT2D eigenvalue weighted by Crippen LogP contribution is 2.35. The predicted octanol–water partition coefficient (Wildman–Crippen LogP) is 3.24. The van der Waals surface area contributed by atoms with Gasteiger partial charge >= 0.3 is 6.03 Å². The van der Waals surface area contributed by atoms with Crippen LogP contribution in [-0.4, -0.2) is 54.8 Å². The summed E-state index contributed by atoms with van der Waals surface area (Å²) in [5.41, 5.74) is 1.13. The fourth-order valence-electron chi connectivity index (χ4n) is 3.86. The lowest BCUT2D eigenvalue weighted by molar-refractivity contribution is -0.121. The van der Waals surface area contributed by atoms with Gasteiger partial charge in [-0.05, 0) is 58.7 Å². The topological polar surface area (TPSA) is 71.1 Å². The van der Waals surface area contributed by atoms with Crippen molar-refractivity contribution < 1.29 is 19.1 Å². The molecule has 1 aromatic carbocycles. The van der Waals surface area contributed by atoms with E-state index in [9.17, 15) is 9.59 Å². The predicted molar refractivity (Wildman–Crippen MR) is 104 cm³/mol. The Hall–Kier alpha value is -2.28. The number of nitrogens with zero attached hydrogens (tertiary/aromatic N) is 2. The Kier molecular flexibility index (Phi) is 5.60. The number of hydrogen-bond donors (Lipinski definition) is 1. The number of nitrogens with one attached hydrogen (secondary N) is 1. The molecule has 27 heavy (non-hydrogen) atoms. The molecule has 1 fully saturated rings. The van der Waals surface area contributed by atoms with Crippen LogP contribution in [0.15, 0.2) is 18.2 Å². The summed E-state index contributed by atoms with van der Waals surface area (Å²) in [5, 5.41) is 2.98. The van der Waals surface area contributed by atoms with E-state index < -0.39 is 0 Å². The average molecular weight is 375 g/mol. The van der Waals surface area contributed by atoms with Crippen molar-refractivity contribution in [3.63, 3.8) is 0 Å². The second-order valence-electron chi connectivity index (χ2n) is 7.58. The van der Waals surface area contributed by atoms with Gasteiger partial charge in [-0.2, -0.15) is 0 Å². The molecule has 0 aliphatic carbocycles. The zero-order valence-corrected chi connectivity index (χ0v) is 16.6. The molecule has 2 heterocycles. The van der Waals surface area contributed by atoms with Gasteiger partial charge in [0, 0.05) is 31.4 Å². The van der Waals surface area contributed by atoms with Gasteiger partial charge in [-0.3, -0.25) is 4.79 Å². The number of urea groups is 1. The van der Waals surface area contributed by atoms with E-state index in [1.807, 2.05) is 24.8 Å². The average Bonchev–Trinajstić information content (AvgIpc) is 2.61. The van der Waals surface area contributed by atoms with E-state index in [0.29, 0.717) is 36.8 Å². The van der Waals surface area contributed by atoms with E-state index >= 15 is 0 Å². The van der Waals surface area contributed by atoms with Crippen LogP contribution in [0.2, 0.25) is 0 Å². The Bertz CT molecular complexity index is 719. The Morgan fingerprint density at radius 2 is 2.15 bits per heavy atom. The van der Waals surface area contributed by atoms with E-state index in [2.05, 4.69) is 19.2 Å². The van der Waals surface area contributed by atoms with E-state index in [0.717, 1.165) is 12.8 Å². The minimum Gasteiger partial charge on any atom is -0.482 e. The molecule has 0 bridgehead atoms. The molecule has 1 unspecified atom stereocenters. The van der Waals surface area contributed by atoms with Gasteiger partial charge in [0.25, 0.3) is 5.91 Å². The molecule has 0 spiro atoms. The summed E-state index contributed by atoms with van der Waals surface area (Å²) < 4.78 is 11.3. The monoisotopic (exact) mass is 375 g/mol. The maximum atomic E-state index is 12.9. The van der Waals surface area contributed by atoms with Crippen LogP contribution in [0.5, 0.6) is 5.75 Å². The molecule has 7 nitrogen and oxygen atoms in total. The number of benzene rings is 1. The third-order valence-electron chi connectivity index (χ3n) is 5.18. The van der Waals surface area contributed by atoms with Crippen molar-refractivity contribution in [2.75, 3.05) is 36.5 Å². The summed E-state index contributed by atoms with van der Waals surface area (Å²) in [5.74, 6) is 0.584. The first kappa shape index (κ1) is 19.5. The zero-order valence-electron chi connectivity index (χ0n) is 16.6. The van der Waals surface area contributed by atoms with Crippen LogP contribution in [0.3, 0.4) is 0 Å². The van der Waals surface area contributed by atoms with Gasteiger partial charge in [-0.1, -0.05) is 0 Å². The fourth-order valence-corrected chi connectivity index (χ4v) is 3.86. The van der Waals surface area contributed by atoms with Gasteiger partial charge in [0.2, 0.25) is 0 Å². The quantitative estimate of drug-likeness (QED) is 0.877. The molecule has 0 saturated carbocycles. The zero-order chi connectivity index (χ0) is 19.6. The number of ether oxygens (including phenoxy) is 2.